The van der Waals surface area contributed by atoms with Gasteiger partial charge in [-0.15, -0.1) is 0 Å². The molecule has 4 aliphatic rings. The summed E-state index contributed by atoms with van der Waals surface area (Å²) in [7, 11) is 0. The zero-order valence-electron chi connectivity index (χ0n) is 46.0. The minimum absolute atomic E-state index is 0.00239. The summed E-state index contributed by atoms with van der Waals surface area (Å²) < 4.78 is 15.0. The van der Waals surface area contributed by atoms with E-state index in [2.05, 4.69) is 235 Å². The quantitative estimate of drug-likeness (QED) is 0.165. The van der Waals surface area contributed by atoms with Crippen LogP contribution < -0.4 is 31.3 Å². The summed E-state index contributed by atoms with van der Waals surface area (Å²) in [4.78, 5) is 7.82. The van der Waals surface area contributed by atoms with Gasteiger partial charge in [0.15, 0.2) is 0 Å². The molecule has 1 saturated carbocycles. The zero-order chi connectivity index (χ0) is 51.0. The second kappa shape index (κ2) is 15.2. The molecule has 8 aromatic rings. The van der Waals surface area contributed by atoms with Crippen molar-refractivity contribution in [3.8, 4) is 0 Å². The molecule has 5 nitrogen and oxygen atoms in total. The lowest BCUT2D eigenvalue weighted by Crippen LogP contribution is -2.61. The third kappa shape index (κ3) is 6.72. The Hall–Kier alpha value is -6.14. The molecule has 0 amide bonds. The monoisotopic (exact) mass is 952 g/mol. The smallest absolute Gasteiger partial charge is 0.302 e. The van der Waals surface area contributed by atoms with Gasteiger partial charge in [-0.1, -0.05) is 151 Å². The fourth-order valence-corrected chi connectivity index (χ4v) is 13.6. The van der Waals surface area contributed by atoms with E-state index in [-0.39, 0.29) is 39.3 Å². The standard InChI is InChI=1S/C66H74BN3O2/c1-39-33-40(2)55-50(34-39)70(66(16)32-18-17-31-65(55,66)15)47-37-51-57-52(38-47)69(46-27-21-42(22-28-46)62(6,7)8)60-56(48-29-23-43(63(9,10)11)35-53(48)72-60)67(57)59-58(49-30-24-44(64(12,13)14)36-54(49)71-59)68(51)45-25-19-41(20-26-45)61(3,4)5/h19-30,33-38H,17-18,31-32H2,1-16H3. The third-order valence-corrected chi connectivity index (χ3v) is 17.8. The van der Waals surface area contributed by atoms with Crippen LogP contribution in [0.3, 0.4) is 0 Å². The van der Waals surface area contributed by atoms with Gasteiger partial charge < -0.3 is 18.6 Å². The van der Waals surface area contributed by atoms with Crippen LogP contribution >= 0.6 is 0 Å². The summed E-state index contributed by atoms with van der Waals surface area (Å²) in [5, 5.41) is 2.24. The maximum absolute atomic E-state index is 7.54. The summed E-state index contributed by atoms with van der Waals surface area (Å²) in [6, 6.07) is 42.5. The van der Waals surface area contributed by atoms with Crippen LogP contribution in [0.25, 0.3) is 21.9 Å². The van der Waals surface area contributed by atoms with E-state index in [1.54, 1.807) is 0 Å². The highest BCUT2D eigenvalue weighted by atomic mass is 16.4. The predicted molar refractivity (Wildman–Crippen MR) is 307 cm³/mol. The molecule has 2 unspecified atom stereocenters. The molecule has 0 N–H and O–H groups in total. The molecule has 5 heterocycles. The molecule has 0 bridgehead atoms. The molecule has 0 radical (unpaired) electrons. The fourth-order valence-electron chi connectivity index (χ4n) is 13.6. The second-order valence-electron chi connectivity index (χ2n) is 26.8. The number of aryl methyl sites for hydroxylation is 2. The molecule has 2 atom stereocenters. The Bertz CT molecular complexity index is 3530. The van der Waals surface area contributed by atoms with Crippen LogP contribution in [0.1, 0.15) is 162 Å². The first-order valence-corrected chi connectivity index (χ1v) is 26.8. The largest absolute Gasteiger partial charge is 0.468 e. The number of rotatable bonds is 3. The van der Waals surface area contributed by atoms with Gasteiger partial charge in [0.1, 0.15) is 11.2 Å². The van der Waals surface area contributed by atoms with Crippen LogP contribution in [0.15, 0.2) is 118 Å². The topological polar surface area (TPSA) is 36.0 Å². The van der Waals surface area contributed by atoms with Crippen molar-refractivity contribution in [3.05, 3.63) is 148 Å². The number of anilines is 8. The van der Waals surface area contributed by atoms with Crippen molar-refractivity contribution in [2.24, 2.45) is 0 Å². The number of furan rings is 2. The highest BCUT2D eigenvalue weighted by Gasteiger charge is 2.59. The summed E-state index contributed by atoms with van der Waals surface area (Å²) in [6.45, 7) is 37.1. The van der Waals surface area contributed by atoms with Gasteiger partial charge in [-0.25, -0.2) is 0 Å². The van der Waals surface area contributed by atoms with E-state index in [0.29, 0.717) is 0 Å². The Kier molecular flexibility index (Phi) is 9.91. The highest BCUT2D eigenvalue weighted by molar-refractivity contribution is 7.01. The molecule has 3 aliphatic heterocycles. The molecule has 0 saturated heterocycles. The average molecular weight is 952 g/mol. The Morgan fingerprint density at radius 1 is 0.486 bits per heavy atom. The first kappa shape index (κ1) is 46.9. The molecular formula is C66H74BN3O2. The van der Waals surface area contributed by atoms with E-state index in [4.69, 9.17) is 8.83 Å². The number of nitrogens with zero attached hydrogens (tertiary/aromatic N) is 3. The van der Waals surface area contributed by atoms with Crippen molar-refractivity contribution in [2.45, 2.75) is 169 Å². The number of hydrogen-bond donors (Lipinski definition) is 0. The van der Waals surface area contributed by atoms with Gasteiger partial charge in [0, 0.05) is 55.8 Å². The van der Waals surface area contributed by atoms with Gasteiger partial charge in [0.05, 0.1) is 16.9 Å². The molecule has 1 aliphatic carbocycles. The Morgan fingerprint density at radius 2 is 0.986 bits per heavy atom. The number of benzene rings is 6. The molecular weight excluding hydrogens is 878 g/mol. The van der Waals surface area contributed by atoms with Crippen molar-refractivity contribution in [3.63, 3.8) is 0 Å². The minimum Gasteiger partial charge on any atom is -0.468 e. The van der Waals surface area contributed by atoms with Crippen LogP contribution in [0.5, 0.6) is 0 Å². The lowest BCUT2D eigenvalue weighted by molar-refractivity contribution is 0.194. The van der Waals surface area contributed by atoms with Crippen molar-refractivity contribution in [1.82, 2.24) is 0 Å². The molecule has 6 heteroatoms. The molecule has 6 aromatic carbocycles. The predicted octanol–water partition coefficient (Wildman–Crippen LogP) is 16.8. The Labute approximate surface area is 429 Å². The lowest BCUT2D eigenvalue weighted by Gasteiger charge is -2.51. The molecule has 2 aromatic heterocycles. The second-order valence-corrected chi connectivity index (χ2v) is 26.8. The highest BCUT2D eigenvalue weighted by Crippen LogP contribution is 2.63. The maximum atomic E-state index is 7.54. The van der Waals surface area contributed by atoms with Crippen LogP contribution in [-0.2, 0) is 27.1 Å². The van der Waals surface area contributed by atoms with Gasteiger partial charge in [-0.3, -0.25) is 4.90 Å². The summed E-state index contributed by atoms with van der Waals surface area (Å²) in [6.07, 6.45) is 4.71. The van der Waals surface area contributed by atoms with Crippen molar-refractivity contribution in [2.75, 3.05) is 14.7 Å². The van der Waals surface area contributed by atoms with Crippen LogP contribution in [0.2, 0.25) is 0 Å². The molecule has 0 spiro atoms. The first-order chi connectivity index (χ1) is 33.8. The Balaban J connectivity index is 1.24. The SMILES string of the molecule is Cc1cc(C)c2c(c1)N(c1cc3c4c(c1)N(c1ccc(C(C)(C)C)cc1)c1c(oc5cc(C(C)(C)C)ccc15)B4c1c(oc4cc(C(C)(C)C)ccc14)N3c1ccc(C(C)(C)C)cc1)C1(C)CCCCC21C. The van der Waals surface area contributed by atoms with E-state index in [1.165, 1.54) is 74.3 Å². The van der Waals surface area contributed by atoms with Gasteiger partial charge in [0.2, 0.25) is 5.88 Å². The number of fused-ring (bicyclic) bond motifs is 11. The first-order valence-electron chi connectivity index (χ1n) is 26.8. The average Bonchev–Trinajstić information content (AvgIpc) is 3.93. The van der Waals surface area contributed by atoms with Crippen LogP contribution in [0.4, 0.5) is 45.7 Å². The minimum atomic E-state index is -0.262. The summed E-state index contributed by atoms with van der Waals surface area (Å²) in [5.74, 6) is 0.854. The van der Waals surface area contributed by atoms with Crippen molar-refractivity contribution < 1.29 is 8.83 Å². The molecule has 12 rings (SSSR count). The zero-order valence-corrected chi connectivity index (χ0v) is 46.0. The van der Waals surface area contributed by atoms with E-state index in [0.717, 1.165) is 74.5 Å². The van der Waals surface area contributed by atoms with E-state index < -0.39 is 0 Å². The molecule has 1 fully saturated rings. The van der Waals surface area contributed by atoms with Gasteiger partial charge in [-0.05, 0) is 160 Å². The van der Waals surface area contributed by atoms with Crippen LogP contribution in [-0.4, -0.2) is 12.3 Å². The maximum Gasteiger partial charge on any atom is 0.302 e. The normalized spacial score (nSPS) is 19.7. The summed E-state index contributed by atoms with van der Waals surface area (Å²) in [5.41, 5.74) is 22.3. The van der Waals surface area contributed by atoms with Gasteiger partial charge in [0.25, 0.3) is 0 Å². The molecule has 368 valence electrons. The van der Waals surface area contributed by atoms with E-state index in [1.807, 2.05) is 0 Å². The fraction of sp³-hybridized carbons (Fsp3) is 0.394. The van der Waals surface area contributed by atoms with Crippen molar-refractivity contribution >= 4 is 90.9 Å². The summed E-state index contributed by atoms with van der Waals surface area (Å²) >= 11 is 0. The van der Waals surface area contributed by atoms with Crippen molar-refractivity contribution in [1.29, 1.82) is 0 Å². The van der Waals surface area contributed by atoms with E-state index in [9.17, 15) is 0 Å². The van der Waals surface area contributed by atoms with Gasteiger partial charge >= 0.3 is 6.71 Å². The lowest BCUT2D eigenvalue weighted by atomic mass is 9.35. The molecule has 72 heavy (non-hydrogen) atoms. The number of hydrogen-bond acceptors (Lipinski definition) is 5. The van der Waals surface area contributed by atoms with Gasteiger partial charge in [-0.2, -0.15) is 0 Å². The van der Waals surface area contributed by atoms with E-state index >= 15 is 0 Å². The third-order valence-electron chi connectivity index (χ3n) is 17.8. The Morgan fingerprint density at radius 3 is 1.56 bits per heavy atom. The van der Waals surface area contributed by atoms with Crippen LogP contribution in [0, 0.1) is 13.8 Å².